The van der Waals surface area contributed by atoms with Gasteiger partial charge in [-0.15, -0.1) is 0 Å². The number of ether oxygens (including phenoxy) is 2. The lowest BCUT2D eigenvalue weighted by molar-refractivity contribution is 0.0540. The number of amides is 4. The highest BCUT2D eigenvalue weighted by Crippen LogP contribution is 2.37. The first kappa shape index (κ1) is 18.3. The molecule has 0 atom stereocenters. The van der Waals surface area contributed by atoms with Gasteiger partial charge in [0.05, 0.1) is 26.3 Å². The Kier molecular flexibility index (Phi) is 4.44. The summed E-state index contributed by atoms with van der Waals surface area (Å²) in [6, 6.07) is 6.17. The van der Waals surface area contributed by atoms with Crippen LogP contribution in [0.4, 0.5) is 0 Å². The molecule has 0 radical (unpaired) electrons. The van der Waals surface area contributed by atoms with E-state index >= 15 is 0 Å². The Labute approximate surface area is 160 Å². The molecule has 0 aromatic heterocycles. The molecule has 0 N–H and O–H groups in total. The maximum absolute atomic E-state index is 12.9. The lowest BCUT2D eigenvalue weighted by atomic mass is 9.86. The summed E-state index contributed by atoms with van der Waals surface area (Å²) >= 11 is 0. The zero-order valence-electron chi connectivity index (χ0n) is 15.5. The van der Waals surface area contributed by atoms with E-state index in [0.717, 1.165) is 9.80 Å². The van der Waals surface area contributed by atoms with Gasteiger partial charge in [0.2, 0.25) is 0 Å². The molecule has 2 aliphatic heterocycles. The molecule has 2 aromatic rings. The van der Waals surface area contributed by atoms with E-state index in [0.29, 0.717) is 33.0 Å². The second-order valence-corrected chi connectivity index (χ2v) is 6.58. The van der Waals surface area contributed by atoms with Gasteiger partial charge in [0, 0.05) is 47.2 Å². The number of nitrogens with zero attached hydrogens (tertiary/aromatic N) is 2. The summed E-state index contributed by atoms with van der Waals surface area (Å²) in [5, 5.41) is 0.735. The molecule has 4 rings (SSSR count). The molecule has 28 heavy (non-hydrogen) atoms. The predicted octanol–water partition coefficient (Wildman–Crippen LogP) is 1.32. The van der Waals surface area contributed by atoms with E-state index in [1.807, 2.05) is 0 Å². The van der Waals surface area contributed by atoms with Crippen LogP contribution in [0, 0.1) is 0 Å². The average molecular weight is 382 g/mol. The third-order valence-corrected chi connectivity index (χ3v) is 5.10. The van der Waals surface area contributed by atoms with Crippen molar-refractivity contribution in [2.75, 3.05) is 40.5 Å². The summed E-state index contributed by atoms with van der Waals surface area (Å²) < 4.78 is 9.98. The molecule has 0 saturated heterocycles. The summed E-state index contributed by atoms with van der Waals surface area (Å²) in [4.78, 5) is 53.7. The molecule has 144 valence electrons. The zero-order chi connectivity index (χ0) is 20.0. The van der Waals surface area contributed by atoms with Crippen LogP contribution in [-0.4, -0.2) is 74.0 Å². The first-order valence-electron chi connectivity index (χ1n) is 8.81. The van der Waals surface area contributed by atoms with E-state index in [4.69, 9.17) is 9.47 Å². The van der Waals surface area contributed by atoms with Crippen LogP contribution >= 0.6 is 0 Å². The summed E-state index contributed by atoms with van der Waals surface area (Å²) in [7, 11) is 2.98. The molecule has 2 aromatic carbocycles. The van der Waals surface area contributed by atoms with Crippen molar-refractivity contribution in [1.82, 2.24) is 9.80 Å². The molecule has 2 aliphatic rings. The van der Waals surface area contributed by atoms with Crippen LogP contribution in [0.5, 0.6) is 0 Å². The minimum atomic E-state index is -0.458. The van der Waals surface area contributed by atoms with E-state index < -0.39 is 23.6 Å². The van der Waals surface area contributed by atoms with Gasteiger partial charge in [0.1, 0.15) is 0 Å². The van der Waals surface area contributed by atoms with Gasteiger partial charge in [-0.2, -0.15) is 0 Å². The number of hydrogen-bond donors (Lipinski definition) is 0. The minimum Gasteiger partial charge on any atom is -0.383 e. The Morgan fingerprint density at radius 3 is 1.14 bits per heavy atom. The lowest BCUT2D eigenvalue weighted by Gasteiger charge is -2.31. The Bertz CT molecular complexity index is 891. The fourth-order valence-corrected chi connectivity index (χ4v) is 3.75. The van der Waals surface area contributed by atoms with Crippen molar-refractivity contribution >= 4 is 34.4 Å². The second-order valence-electron chi connectivity index (χ2n) is 6.58. The van der Waals surface area contributed by atoms with Gasteiger partial charge in [-0.25, -0.2) is 0 Å². The largest absolute Gasteiger partial charge is 0.383 e. The molecule has 0 spiro atoms. The molecular weight excluding hydrogens is 364 g/mol. The van der Waals surface area contributed by atoms with Crippen molar-refractivity contribution < 1.29 is 28.7 Å². The summed E-state index contributed by atoms with van der Waals surface area (Å²) in [5.41, 5.74) is 1.21. The number of carbonyl (C=O) groups is 4. The quantitative estimate of drug-likeness (QED) is 0.700. The zero-order valence-corrected chi connectivity index (χ0v) is 15.5. The maximum atomic E-state index is 12.9. The SMILES string of the molecule is COCCN1C(=O)c2ccc3c4c(ccc(c24)C1=O)C(=O)N(CCOC)C3=O. The van der Waals surface area contributed by atoms with Crippen LogP contribution in [0.3, 0.4) is 0 Å². The van der Waals surface area contributed by atoms with Crippen molar-refractivity contribution in [3.05, 3.63) is 46.5 Å². The van der Waals surface area contributed by atoms with E-state index in [1.165, 1.54) is 14.2 Å². The van der Waals surface area contributed by atoms with E-state index in [2.05, 4.69) is 0 Å². The molecular formula is C20H18N2O6. The van der Waals surface area contributed by atoms with E-state index in [1.54, 1.807) is 24.3 Å². The monoisotopic (exact) mass is 382 g/mol. The van der Waals surface area contributed by atoms with E-state index in [-0.39, 0.29) is 26.3 Å². The predicted molar refractivity (Wildman–Crippen MR) is 98.4 cm³/mol. The fraction of sp³-hybridized carbons (Fsp3) is 0.300. The highest BCUT2D eigenvalue weighted by Gasteiger charge is 2.39. The summed E-state index contributed by atoms with van der Waals surface area (Å²) in [5.74, 6) is -1.83. The highest BCUT2D eigenvalue weighted by molar-refractivity contribution is 6.33. The van der Waals surface area contributed by atoms with Crippen LogP contribution in [-0.2, 0) is 9.47 Å². The first-order chi connectivity index (χ1) is 13.5. The van der Waals surface area contributed by atoms with Crippen molar-refractivity contribution in [2.45, 2.75) is 0 Å². The maximum Gasteiger partial charge on any atom is 0.261 e. The van der Waals surface area contributed by atoms with Gasteiger partial charge < -0.3 is 9.47 Å². The number of carbonyl (C=O) groups excluding carboxylic acids is 4. The molecule has 0 fully saturated rings. The Morgan fingerprint density at radius 1 is 0.607 bits per heavy atom. The van der Waals surface area contributed by atoms with Gasteiger partial charge >= 0.3 is 0 Å². The van der Waals surface area contributed by atoms with Crippen LogP contribution < -0.4 is 0 Å². The van der Waals surface area contributed by atoms with Gasteiger partial charge in [-0.3, -0.25) is 29.0 Å². The van der Waals surface area contributed by atoms with Crippen LogP contribution in [0.15, 0.2) is 24.3 Å². The minimum absolute atomic E-state index is 0.126. The molecule has 0 unspecified atom stereocenters. The average Bonchev–Trinajstić information content (AvgIpc) is 2.70. The topological polar surface area (TPSA) is 93.2 Å². The molecule has 2 heterocycles. The number of methoxy groups -OCH3 is 2. The first-order valence-corrected chi connectivity index (χ1v) is 8.81. The third kappa shape index (κ3) is 2.45. The highest BCUT2D eigenvalue weighted by atomic mass is 16.5. The van der Waals surface area contributed by atoms with Crippen molar-refractivity contribution in [3.8, 4) is 0 Å². The Hall–Kier alpha value is -3.10. The van der Waals surface area contributed by atoms with Crippen molar-refractivity contribution in [1.29, 1.82) is 0 Å². The Balaban J connectivity index is 1.91. The third-order valence-electron chi connectivity index (χ3n) is 5.10. The molecule has 0 bridgehead atoms. The number of benzene rings is 2. The lowest BCUT2D eigenvalue weighted by Crippen LogP contribution is -2.44. The molecule has 8 nitrogen and oxygen atoms in total. The van der Waals surface area contributed by atoms with Crippen LogP contribution in [0.2, 0.25) is 0 Å². The smallest absolute Gasteiger partial charge is 0.261 e. The van der Waals surface area contributed by atoms with Gasteiger partial charge in [-0.05, 0) is 24.3 Å². The van der Waals surface area contributed by atoms with E-state index in [9.17, 15) is 19.2 Å². The Morgan fingerprint density at radius 2 is 0.893 bits per heavy atom. The summed E-state index contributed by atoms with van der Waals surface area (Å²) in [6.45, 7) is 0.692. The second kappa shape index (κ2) is 6.81. The molecule has 4 amide bonds. The number of rotatable bonds is 6. The molecule has 8 heteroatoms. The van der Waals surface area contributed by atoms with Crippen molar-refractivity contribution in [2.24, 2.45) is 0 Å². The van der Waals surface area contributed by atoms with Gasteiger partial charge in [0.25, 0.3) is 23.6 Å². The fourth-order valence-electron chi connectivity index (χ4n) is 3.75. The molecule has 0 aliphatic carbocycles. The van der Waals surface area contributed by atoms with Gasteiger partial charge in [-0.1, -0.05) is 0 Å². The number of hydrogen-bond acceptors (Lipinski definition) is 6. The van der Waals surface area contributed by atoms with Crippen LogP contribution in [0.25, 0.3) is 10.8 Å². The number of imide groups is 2. The summed E-state index contributed by atoms with van der Waals surface area (Å²) in [6.07, 6.45) is 0. The van der Waals surface area contributed by atoms with Crippen molar-refractivity contribution in [3.63, 3.8) is 0 Å². The normalized spacial score (nSPS) is 15.8. The standard InChI is InChI=1S/C20H18N2O6/c1-27-9-7-21-17(23)11-3-5-13-16-14(6-4-12(15(11)16)18(21)24)20(26)22(19(13)25)8-10-28-2/h3-6H,7-10H2,1-2H3. The molecule has 0 saturated carbocycles. The van der Waals surface area contributed by atoms with Gasteiger partial charge in [0.15, 0.2) is 0 Å². The van der Waals surface area contributed by atoms with Crippen LogP contribution in [0.1, 0.15) is 41.4 Å².